The lowest BCUT2D eigenvalue weighted by atomic mass is 10.0. The summed E-state index contributed by atoms with van der Waals surface area (Å²) in [7, 11) is 1.54. The monoisotopic (exact) mass is 445 g/mol. The highest BCUT2D eigenvalue weighted by atomic mass is 16.5. The number of anilines is 1. The van der Waals surface area contributed by atoms with Crippen LogP contribution in [0, 0.1) is 13.8 Å². The molecule has 0 saturated carbocycles. The second kappa shape index (κ2) is 11.1. The lowest BCUT2D eigenvalue weighted by Gasteiger charge is -2.19. The van der Waals surface area contributed by atoms with E-state index in [2.05, 4.69) is 5.32 Å². The van der Waals surface area contributed by atoms with E-state index in [1.54, 1.807) is 48.5 Å². The molecule has 0 aliphatic heterocycles. The summed E-state index contributed by atoms with van der Waals surface area (Å²) in [5.74, 6) is -0.583. The van der Waals surface area contributed by atoms with Crippen LogP contribution >= 0.6 is 0 Å². The lowest BCUT2D eigenvalue weighted by molar-refractivity contribution is -0.143. The van der Waals surface area contributed by atoms with Crippen LogP contribution in [0.25, 0.3) is 0 Å². The zero-order valence-electron chi connectivity index (χ0n) is 19.0. The van der Waals surface area contributed by atoms with Gasteiger partial charge in [0.25, 0.3) is 0 Å². The van der Waals surface area contributed by atoms with Gasteiger partial charge >= 0.3 is 5.97 Å². The van der Waals surface area contributed by atoms with Gasteiger partial charge in [-0.2, -0.15) is 0 Å². The number of hydrogen-bond donors (Lipinski definition) is 1. The molecule has 0 spiro atoms. The standard InChI is InChI=1S/C27H27NO5/c1-18-9-12-22(15-19(18)2)28-24(16-25(29)20-7-5-4-6-8-20)27(31)33-17-26(30)21-10-13-23(32-3)14-11-21/h4-15,24,28H,16-17H2,1-3H3/t24-/m1/s1. The molecule has 0 aliphatic rings. The first-order chi connectivity index (χ1) is 15.9. The minimum absolute atomic E-state index is 0.105. The van der Waals surface area contributed by atoms with Crippen LogP contribution in [-0.4, -0.2) is 37.3 Å². The van der Waals surface area contributed by atoms with Crippen molar-refractivity contribution in [2.75, 3.05) is 19.0 Å². The van der Waals surface area contributed by atoms with Gasteiger partial charge in [0.15, 0.2) is 18.2 Å². The van der Waals surface area contributed by atoms with Gasteiger partial charge in [-0.3, -0.25) is 9.59 Å². The van der Waals surface area contributed by atoms with Crippen molar-refractivity contribution in [3.8, 4) is 5.75 Å². The van der Waals surface area contributed by atoms with Crippen molar-refractivity contribution in [1.82, 2.24) is 0 Å². The molecule has 0 bridgehead atoms. The van der Waals surface area contributed by atoms with E-state index in [4.69, 9.17) is 9.47 Å². The molecular formula is C27H27NO5. The predicted molar refractivity (Wildman–Crippen MR) is 127 cm³/mol. The predicted octanol–water partition coefficient (Wildman–Crippen LogP) is 4.79. The third-order valence-corrected chi connectivity index (χ3v) is 5.38. The molecule has 0 amide bonds. The van der Waals surface area contributed by atoms with Gasteiger partial charge in [-0.1, -0.05) is 36.4 Å². The molecule has 1 atom stereocenters. The Balaban J connectivity index is 1.72. The fourth-order valence-electron chi connectivity index (χ4n) is 3.25. The minimum Gasteiger partial charge on any atom is -0.497 e. The van der Waals surface area contributed by atoms with E-state index in [0.717, 1.165) is 11.1 Å². The topological polar surface area (TPSA) is 81.7 Å². The number of ether oxygens (including phenoxy) is 2. The van der Waals surface area contributed by atoms with E-state index in [1.807, 2.05) is 38.1 Å². The van der Waals surface area contributed by atoms with Gasteiger partial charge in [-0.25, -0.2) is 4.79 Å². The van der Waals surface area contributed by atoms with Crippen LogP contribution in [0.15, 0.2) is 72.8 Å². The summed E-state index contributed by atoms with van der Waals surface area (Å²) >= 11 is 0. The summed E-state index contributed by atoms with van der Waals surface area (Å²) in [5.41, 5.74) is 3.78. The number of carbonyl (C=O) groups excluding carboxylic acids is 3. The fraction of sp³-hybridized carbons (Fsp3) is 0.222. The van der Waals surface area contributed by atoms with E-state index >= 15 is 0 Å². The summed E-state index contributed by atoms with van der Waals surface area (Å²) in [6.07, 6.45) is -0.105. The SMILES string of the molecule is COc1ccc(C(=O)COC(=O)[C@@H](CC(=O)c2ccccc2)Nc2ccc(C)c(C)c2)cc1. The molecule has 6 nitrogen and oxygen atoms in total. The molecule has 1 N–H and O–H groups in total. The molecular weight excluding hydrogens is 418 g/mol. The van der Waals surface area contributed by atoms with Gasteiger partial charge in [-0.15, -0.1) is 0 Å². The van der Waals surface area contributed by atoms with Crippen molar-refractivity contribution in [2.45, 2.75) is 26.3 Å². The minimum atomic E-state index is -0.941. The highest BCUT2D eigenvalue weighted by molar-refractivity contribution is 6.01. The van der Waals surface area contributed by atoms with Crippen molar-refractivity contribution >= 4 is 23.2 Å². The van der Waals surface area contributed by atoms with Crippen LogP contribution in [0.3, 0.4) is 0 Å². The molecule has 33 heavy (non-hydrogen) atoms. The van der Waals surface area contributed by atoms with E-state index < -0.39 is 18.6 Å². The normalized spacial score (nSPS) is 11.4. The first-order valence-corrected chi connectivity index (χ1v) is 10.6. The maximum Gasteiger partial charge on any atom is 0.329 e. The third kappa shape index (κ3) is 6.53. The molecule has 0 radical (unpaired) electrons. The lowest BCUT2D eigenvalue weighted by Crippen LogP contribution is -2.35. The van der Waals surface area contributed by atoms with Crippen LogP contribution in [-0.2, 0) is 9.53 Å². The Kier molecular flexibility index (Phi) is 7.97. The molecule has 3 aromatic carbocycles. The van der Waals surface area contributed by atoms with E-state index in [-0.39, 0.29) is 18.0 Å². The van der Waals surface area contributed by atoms with Gasteiger partial charge in [0.1, 0.15) is 11.8 Å². The second-order valence-electron chi connectivity index (χ2n) is 7.75. The summed E-state index contributed by atoms with van der Waals surface area (Å²) in [4.78, 5) is 38.1. The second-order valence-corrected chi connectivity index (χ2v) is 7.75. The molecule has 6 heteroatoms. The van der Waals surface area contributed by atoms with Crippen molar-refractivity contribution in [1.29, 1.82) is 0 Å². The number of esters is 1. The first-order valence-electron chi connectivity index (χ1n) is 10.6. The maximum absolute atomic E-state index is 12.9. The molecule has 170 valence electrons. The van der Waals surface area contributed by atoms with Gasteiger partial charge < -0.3 is 14.8 Å². The number of nitrogens with one attached hydrogen (secondary N) is 1. The number of carbonyl (C=O) groups is 3. The molecule has 0 aliphatic carbocycles. The molecule has 0 fully saturated rings. The van der Waals surface area contributed by atoms with E-state index in [1.165, 1.54) is 7.11 Å². The van der Waals surface area contributed by atoms with E-state index in [0.29, 0.717) is 22.6 Å². The Labute approximate surface area is 193 Å². The Morgan fingerprint density at radius 3 is 2.12 bits per heavy atom. The number of methoxy groups -OCH3 is 1. The molecule has 0 unspecified atom stereocenters. The van der Waals surface area contributed by atoms with Gasteiger partial charge in [0.05, 0.1) is 7.11 Å². The number of ketones is 2. The Bertz CT molecular complexity index is 1120. The number of benzene rings is 3. The van der Waals surface area contributed by atoms with Crippen LogP contribution in [0.2, 0.25) is 0 Å². The smallest absolute Gasteiger partial charge is 0.329 e. The van der Waals surface area contributed by atoms with Crippen LogP contribution < -0.4 is 10.1 Å². The summed E-state index contributed by atoms with van der Waals surface area (Å²) in [6.45, 7) is 3.54. The third-order valence-electron chi connectivity index (χ3n) is 5.38. The molecule has 3 aromatic rings. The molecule has 0 aromatic heterocycles. The van der Waals surface area contributed by atoms with Crippen LogP contribution in [0.5, 0.6) is 5.75 Å². The highest BCUT2D eigenvalue weighted by Gasteiger charge is 2.25. The Hall–Kier alpha value is -3.93. The zero-order chi connectivity index (χ0) is 23.8. The summed E-state index contributed by atoms with van der Waals surface area (Å²) in [6, 6.07) is 20.1. The highest BCUT2D eigenvalue weighted by Crippen LogP contribution is 2.18. The van der Waals surface area contributed by atoms with Crippen molar-refractivity contribution in [2.24, 2.45) is 0 Å². The molecule has 0 heterocycles. The Morgan fingerprint density at radius 2 is 1.48 bits per heavy atom. The maximum atomic E-state index is 12.9. The van der Waals surface area contributed by atoms with Crippen LogP contribution in [0.1, 0.15) is 38.3 Å². The van der Waals surface area contributed by atoms with Gasteiger partial charge in [0, 0.05) is 23.2 Å². The van der Waals surface area contributed by atoms with Crippen LogP contribution in [0.4, 0.5) is 5.69 Å². The zero-order valence-corrected chi connectivity index (χ0v) is 19.0. The molecule has 3 rings (SSSR count). The first kappa shape index (κ1) is 23.7. The Morgan fingerprint density at radius 1 is 0.818 bits per heavy atom. The largest absolute Gasteiger partial charge is 0.497 e. The van der Waals surface area contributed by atoms with Gasteiger partial charge in [-0.05, 0) is 61.4 Å². The number of rotatable bonds is 10. The average Bonchev–Trinajstić information content (AvgIpc) is 2.84. The molecule has 0 saturated heterocycles. The van der Waals surface area contributed by atoms with Crippen molar-refractivity contribution in [3.63, 3.8) is 0 Å². The number of aryl methyl sites for hydroxylation is 2. The quantitative estimate of drug-likeness (QED) is 0.357. The summed E-state index contributed by atoms with van der Waals surface area (Å²) < 4.78 is 10.4. The van der Waals surface area contributed by atoms with E-state index in [9.17, 15) is 14.4 Å². The average molecular weight is 446 g/mol. The van der Waals surface area contributed by atoms with Gasteiger partial charge in [0.2, 0.25) is 0 Å². The fourth-order valence-corrected chi connectivity index (χ4v) is 3.25. The number of Topliss-reactive ketones (excluding diaryl/α,β-unsaturated/α-hetero) is 2. The van der Waals surface area contributed by atoms with Crippen molar-refractivity contribution < 1.29 is 23.9 Å². The summed E-state index contributed by atoms with van der Waals surface area (Å²) in [5, 5.41) is 3.10. The van der Waals surface area contributed by atoms with Crippen molar-refractivity contribution in [3.05, 3.63) is 95.1 Å². The number of hydrogen-bond acceptors (Lipinski definition) is 6.